The summed E-state index contributed by atoms with van der Waals surface area (Å²) in [5.74, 6) is 0.868. The van der Waals surface area contributed by atoms with Gasteiger partial charge >= 0.3 is 0 Å². The summed E-state index contributed by atoms with van der Waals surface area (Å²) < 4.78 is 48.1. The van der Waals surface area contributed by atoms with E-state index in [2.05, 4.69) is 56.7 Å². The SMILES string of the molecule is COCOc1ccc(C2OCC(C)(C)CO2)cc1C(O)(c1cccc(CN2CCN(C)CC2)c1)c1cc(C2OCC(C)(C)CO2)ccc1OCOC. The predicted octanol–water partition coefficient (Wildman–Crippen LogP) is 5.83. The monoisotopic (exact) mass is 720 g/mol. The van der Waals surface area contributed by atoms with Gasteiger partial charge in [-0.3, -0.25) is 4.90 Å². The standard InChI is InChI=1S/C41H56N2O9/c1-39(2)23-47-37(48-24-39)30-11-13-35(51-27-45-6)33(20-30)41(44,32-10-8-9-29(19-32)22-43-17-15-42(5)16-18-43)34-21-31(12-14-36(34)52-28-46-7)38-49-25-40(3,4)26-50-38/h8-14,19-21,37-38,44H,15-18,22-28H2,1-7H3. The largest absolute Gasteiger partial charge is 0.467 e. The number of ether oxygens (including phenoxy) is 8. The Labute approximate surface area is 308 Å². The van der Waals surface area contributed by atoms with Crippen LogP contribution in [0, 0.1) is 10.8 Å². The molecule has 3 fully saturated rings. The molecule has 6 rings (SSSR count). The van der Waals surface area contributed by atoms with Gasteiger partial charge in [0.15, 0.2) is 26.2 Å². The highest BCUT2D eigenvalue weighted by molar-refractivity contribution is 5.58. The fourth-order valence-electron chi connectivity index (χ4n) is 6.84. The van der Waals surface area contributed by atoms with Crippen LogP contribution >= 0.6 is 0 Å². The second-order valence-electron chi connectivity index (χ2n) is 15.8. The topological polar surface area (TPSA) is 101 Å². The average molecular weight is 721 g/mol. The smallest absolute Gasteiger partial charge is 0.188 e. The lowest BCUT2D eigenvalue weighted by Crippen LogP contribution is -2.43. The van der Waals surface area contributed by atoms with Gasteiger partial charge in [-0.25, -0.2) is 0 Å². The summed E-state index contributed by atoms with van der Waals surface area (Å²) >= 11 is 0. The number of hydrogen-bond donors (Lipinski definition) is 1. The van der Waals surface area contributed by atoms with Crippen molar-refractivity contribution < 1.29 is 43.0 Å². The molecule has 0 saturated carbocycles. The Hall–Kier alpha value is -3.10. The second kappa shape index (κ2) is 16.5. The van der Waals surface area contributed by atoms with Gasteiger partial charge < -0.3 is 47.9 Å². The fourth-order valence-corrected chi connectivity index (χ4v) is 6.84. The number of aliphatic hydroxyl groups is 1. The maximum atomic E-state index is 13.7. The minimum atomic E-state index is -1.82. The first-order chi connectivity index (χ1) is 24.9. The van der Waals surface area contributed by atoms with Crippen molar-refractivity contribution in [1.82, 2.24) is 9.80 Å². The summed E-state index contributed by atoms with van der Waals surface area (Å²) in [5, 5.41) is 13.7. The number of benzene rings is 3. The maximum absolute atomic E-state index is 13.7. The molecule has 0 radical (unpaired) electrons. The molecule has 52 heavy (non-hydrogen) atoms. The molecule has 3 aliphatic rings. The minimum absolute atomic E-state index is 0.0247. The molecular formula is C41H56N2O9. The molecule has 11 nitrogen and oxygen atoms in total. The Balaban J connectivity index is 1.52. The molecule has 0 aromatic heterocycles. The normalized spacial score (nSPS) is 20.5. The zero-order valence-corrected chi connectivity index (χ0v) is 31.8. The van der Waals surface area contributed by atoms with Gasteiger partial charge in [0.2, 0.25) is 0 Å². The average Bonchev–Trinajstić information content (AvgIpc) is 3.14. The summed E-state index contributed by atoms with van der Waals surface area (Å²) in [6.45, 7) is 15.2. The summed E-state index contributed by atoms with van der Waals surface area (Å²) in [5.41, 5.74) is 2.11. The first-order valence-corrected chi connectivity index (χ1v) is 18.1. The Morgan fingerprint density at radius 3 is 1.63 bits per heavy atom. The molecule has 3 aromatic carbocycles. The van der Waals surface area contributed by atoms with Crippen LogP contribution in [0.3, 0.4) is 0 Å². The van der Waals surface area contributed by atoms with Gasteiger partial charge in [0.1, 0.15) is 17.1 Å². The third-order valence-corrected chi connectivity index (χ3v) is 9.84. The van der Waals surface area contributed by atoms with Gasteiger partial charge in [-0.1, -0.05) is 64.1 Å². The maximum Gasteiger partial charge on any atom is 0.188 e. The highest BCUT2D eigenvalue weighted by Crippen LogP contribution is 2.48. The summed E-state index contributed by atoms with van der Waals surface area (Å²) in [4.78, 5) is 4.79. The van der Waals surface area contributed by atoms with E-state index in [0.29, 0.717) is 54.6 Å². The molecule has 0 amide bonds. The van der Waals surface area contributed by atoms with Crippen LogP contribution in [0.5, 0.6) is 11.5 Å². The molecule has 3 aliphatic heterocycles. The van der Waals surface area contributed by atoms with Gasteiger partial charge in [-0.15, -0.1) is 0 Å². The number of rotatable bonds is 13. The van der Waals surface area contributed by atoms with Crippen LogP contribution in [-0.4, -0.2) is 102 Å². The third-order valence-electron chi connectivity index (χ3n) is 9.84. The number of likely N-dealkylation sites (N-methyl/N-ethyl adjacent to an activating group) is 1. The Morgan fingerprint density at radius 1 is 0.692 bits per heavy atom. The minimum Gasteiger partial charge on any atom is -0.467 e. The third kappa shape index (κ3) is 8.98. The number of piperazine rings is 1. The van der Waals surface area contributed by atoms with E-state index in [4.69, 9.17) is 37.9 Å². The molecule has 284 valence electrons. The van der Waals surface area contributed by atoms with Crippen molar-refractivity contribution in [3.05, 3.63) is 94.0 Å². The number of nitrogens with zero attached hydrogens (tertiary/aromatic N) is 2. The Morgan fingerprint density at radius 2 is 1.17 bits per heavy atom. The van der Waals surface area contributed by atoms with E-state index >= 15 is 0 Å². The van der Waals surface area contributed by atoms with E-state index in [1.54, 1.807) is 14.2 Å². The van der Waals surface area contributed by atoms with Crippen LogP contribution in [0.25, 0.3) is 0 Å². The first-order valence-electron chi connectivity index (χ1n) is 18.1. The van der Waals surface area contributed by atoms with Crippen LogP contribution < -0.4 is 9.47 Å². The summed E-state index contributed by atoms with van der Waals surface area (Å²) in [6.07, 6.45) is -1.25. The lowest BCUT2D eigenvalue weighted by Gasteiger charge is -2.37. The van der Waals surface area contributed by atoms with Crippen molar-refractivity contribution in [2.45, 2.75) is 52.4 Å². The van der Waals surface area contributed by atoms with Gasteiger partial charge in [0, 0.05) is 80.0 Å². The number of hydrogen-bond acceptors (Lipinski definition) is 11. The first kappa shape index (κ1) is 38.6. The van der Waals surface area contributed by atoms with Crippen LogP contribution in [0.4, 0.5) is 0 Å². The molecule has 0 aliphatic carbocycles. The number of methoxy groups -OCH3 is 2. The summed E-state index contributed by atoms with van der Waals surface area (Å²) in [7, 11) is 5.29. The van der Waals surface area contributed by atoms with Crippen molar-refractivity contribution in [3.8, 4) is 11.5 Å². The predicted molar refractivity (Wildman–Crippen MR) is 196 cm³/mol. The van der Waals surface area contributed by atoms with Crippen molar-refractivity contribution in [2.24, 2.45) is 10.8 Å². The molecule has 11 heteroatoms. The van der Waals surface area contributed by atoms with E-state index < -0.39 is 18.2 Å². The molecule has 1 N–H and O–H groups in total. The lowest BCUT2D eigenvalue weighted by molar-refractivity contribution is -0.226. The zero-order chi connectivity index (χ0) is 36.9. The van der Waals surface area contributed by atoms with Crippen molar-refractivity contribution in [2.75, 3.05) is 87.5 Å². The van der Waals surface area contributed by atoms with E-state index in [9.17, 15) is 5.11 Å². The van der Waals surface area contributed by atoms with Gasteiger partial charge in [-0.2, -0.15) is 0 Å². The Kier molecular flexibility index (Phi) is 12.3. The summed E-state index contributed by atoms with van der Waals surface area (Å²) in [6, 6.07) is 19.4. The molecule has 0 bridgehead atoms. The quantitative estimate of drug-likeness (QED) is 0.171. The Bertz CT molecular complexity index is 1530. The van der Waals surface area contributed by atoms with Crippen LogP contribution in [-0.2, 0) is 40.6 Å². The lowest BCUT2D eigenvalue weighted by atomic mass is 9.77. The van der Waals surface area contributed by atoms with Crippen LogP contribution in [0.1, 0.15) is 73.7 Å². The van der Waals surface area contributed by atoms with Crippen LogP contribution in [0.15, 0.2) is 60.7 Å². The van der Waals surface area contributed by atoms with E-state index in [0.717, 1.165) is 49.4 Å². The molecule has 3 aromatic rings. The van der Waals surface area contributed by atoms with Crippen molar-refractivity contribution in [1.29, 1.82) is 0 Å². The fraction of sp³-hybridized carbons (Fsp3) is 0.561. The second-order valence-corrected chi connectivity index (χ2v) is 15.8. The van der Waals surface area contributed by atoms with Crippen LogP contribution in [0.2, 0.25) is 0 Å². The molecule has 3 saturated heterocycles. The molecule has 3 heterocycles. The van der Waals surface area contributed by atoms with Gasteiger partial charge in [-0.05, 0) is 42.4 Å². The van der Waals surface area contributed by atoms with Gasteiger partial charge in [0.25, 0.3) is 0 Å². The van der Waals surface area contributed by atoms with E-state index in [1.807, 2.05) is 48.5 Å². The molecular weight excluding hydrogens is 664 g/mol. The van der Waals surface area contributed by atoms with E-state index in [-0.39, 0.29) is 24.4 Å². The van der Waals surface area contributed by atoms with Gasteiger partial charge in [0.05, 0.1) is 26.4 Å². The molecule has 0 atom stereocenters. The van der Waals surface area contributed by atoms with Crippen molar-refractivity contribution in [3.63, 3.8) is 0 Å². The highest BCUT2D eigenvalue weighted by atomic mass is 16.7. The molecule has 0 unspecified atom stereocenters. The van der Waals surface area contributed by atoms with Crippen molar-refractivity contribution >= 4 is 0 Å². The van der Waals surface area contributed by atoms with E-state index in [1.165, 1.54) is 0 Å². The zero-order valence-electron chi connectivity index (χ0n) is 31.8. The highest BCUT2D eigenvalue weighted by Gasteiger charge is 2.42. The molecule has 0 spiro atoms.